The molecule has 1 aromatic rings. The second-order valence-corrected chi connectivity index (χ2v) is 4.99. The highest BCUT2D eigenvalue weighted by Gasteiger charge is 2.41. The Morgan fingerprint density at radius 3 is 2.69 bits per heavy atom. The van der Waals surface area contributed by atoms with Gasteiger partial charge in [0.25, 0.3) is 0 Å². The van der Waals surface area contributed by atoms with E-state index in [2.05, 4.69) is 43.4 Å². The van der Waals surface area contributed by atoms with E-state index in [0.29, 0.717) is 0 Å². The molecule has 0 amide bonds. The summed E-state index contributed by atoms with van der Waals surface area (Å²) in [6.45, 7) is 5.36. The topological polar surface area (TPSA) is 32.3 Å². The van der Waals surface area contributed by atoms with E-state index in [1.165, 1.54) is 17.0 Å². The second kappa shape index (κ2) is 4.56. The van der Waals surface area contributed by atoms with Gasteiger partial charge in [-0.15, -0.1) is 0 Å². The Kier molecular flexibility index (Phi) is 3.31. The van der Waals surface area contributed by atoms with Gasteiger partial charge in [0, 0.05) is 12.1 Å². The van der Waals surface area contributed by atoms with E-state index in [1.807, 2.05) is 0 Å². The zero-order chi connectivity index (χ0) is 11.6. The van der Waals surface area contributed by atoms with Gasteiger partial charge in [0.2, 0.25) is 0 Å². The molecule has 0 heterocycles. The first-order valence-electron chi connectivity index (χ1n) is 5.91. The molecule has 1 fully saturated rings. The van der Waals surface area contributed by atoms with Crippen LogP contribution < -0.4 is 5.32 Å². The summed E-state index contributed by atoms with van der Waals surface area (Å²) >= 11 is 0. The molecule has 0 spiro atoms. The molecule has 2 rings (SSSR count). The molecule has 0 atom stereocenters. The molecule has 1 aromatic carbocycles. The lowest BCUT2D eigenvalue weighted by molar-refractivity contribution is 0.229. The van der Waals surface area contributed by atoms with Crippen LogP contribution in [0.15, 0.2) is 24.3 Å². The minimum atomic E-state index is 0.0287. The first-order valence-corrected chi connectivity index (χ1v) is 5.91. The third-order valence-corrected chi connectivity index (χ3v) is 3.33. The van der Waals surface area contributed by atoms with Gasteiger partial charge in [-0.2, -0.15) is 0 Å². The van der Waals surface area contributed by atoms with Crippen molar-refractivity contribution in [2.24, 2.45) is 0 Å². The van der Waals surface area contributed by atoms with Crippen LogP contribution in [0.4, 0.5) is 0 Å². The maximum Gasteiger partial charge on any atom is 0.0613 e. The fraction of sp³-hybridized carbons (Fsp3) is 0.500. The van der Waals surface area contributed by atoms with Crippen LogP contribution in [0, 0.1) is 5.92 Å². The molecule has 2 N–H and O–H groups in total. The summed E-state index contributed by atoms with van der Waals surface area (Å²) < 4.78 is 0. The molecular weight excluding hydrogens is 198 g/mol. The van der Waals surface area contributed by atoms with Crippen LogP contribution in [0.3, 0.4) is 0 Å². The van der Waals surface area contributed by atoms with Crippen LogP contribution in [-0.2, 0) is 6.54 Å². The molecule has 0 unspecified atom stereocenters. The molecule has 0 aliphatic heterocycles. The Hall–Kier alpha value is -0.860. The van der Waals surface area contributed by atoms with Gasteiger partial charge in [0.05, 0.1) is 6.61 Å². The maximum atomic E-state index is 9.21. The highest BCUT2D eigenvalue weighted by Crippen LogP contribution is 2.34. The molecular formula is C14H20NO. The van der Waals surface area contributed by atoms with Crippen LogP contribution in [0.2, 0.25) is 0 Å². The quantitative estimate of drug-likeness (QED) is 0.794. The molecule has 1 aliphatic rings. The summed E-state index contributed by atoms with van der Waals surface area (Å²) in [5, 5.41) is 12.7. The summed E-state index contributed by atoms with van der Waals surface area (Å²) in [5.74, 6) is 1.34. The lowest BCUT2D eigenvalue weighted by Crippen LogP contribution is -2.34. The van der Waals surface area contributed by atoms with E-state index in [0.717, 1.165) is 19.4 Å². The van der Waals surface area contributed by atoms with E-state index >= 15 is 0 Å². The van der Waals surface area contributed by atoms with Gasteiger partial charge in [0.1, 0.15) is 0 Å². The lowest BCUT2D eigenvalue weighted by atomic mass is 10.0. The van der Waals surface area contributed by atoms with Crippen molar-refractivity contribution in [1.82, 2.24) is 5.32 Å². The van der Waals surface area contributed by atoms with Gasteiger partial charge in [-0.3, -0.25) is 0 Å². The van der Waals surface area contributed by atoms with Crippen molar-refractivity contribution in [3.8, 4) is 0 Å². The Balaban J connectivity index is 1.96. The Bertz CT molecular complexity index is 356. The fourth-order valence-electron chi connectivity index (χ4n) is 1.82. The van der Waals surface area contributed by atoms with Crippen LogP contribution in [-0.4, -0.2) is 17.3 Å². The molecule has 0 saturated heterocycles. The first kappa shape index (κ1) is 11.6. The maximum absolute atomic E-state index is 9.21. The normalized spacial score (nSPS) is 17.8. The predicted octanol–water partition coefficient (Wildman–Crippen LogP) is 2.26. The van der Waals surface area contributed by atoms with Crippen molar-refractivity contribution in [3.05, 3.63) is 41.3 Å². The zero-order valence-corrected chi connectivity index (χ0v) is 10.1. The van der Waals surface area contributed by atoms with Crippen LogP contribution in [0.25, 0.3) is 0 Å². The number of nitrogens with one attached hydrogen (secondary N) is 1. The zero-order valence-electron chi connectivity index (χ0n) is 10.1. The fourth-order valence-corrected chi connectivity index (χ4v) is 1.82. The van der Waals surface area contributed by atoms with Crippen molar-refractivity contribution in [2.75, 3.05) is 6.61 Å². The molecule has 1 radical (unpaired) electrons. The van der Waals surface area contributed by atoms with Gasteiger partial charge >= 0.3 is 0 Å². The van der Waals surface area contributed by atoms with Gasteiger partial charge in [0.15, 0.2) is 0 Å². The largest absolute Gasteiger partial charge is 0.394 e. The lowest BCUT2D eigenvalue weighted by Gasteiger charge is -2.15. The summed E-state index contributed by atoms with van der Waals surface area (Å²) in [7, 11) is 0. The molecule has 0 aromatic heterocycles. The molecule has 87 valence electrons. The Labute approximate surface area is 97.7 Å². The van der Waals surface area contributed by atoms with Gasteiger partial charge in [-0.1, -0.05) is 38.1 Å². The summed E-state index contributed by atoms with van der Waals surface area (Å²) in [4.78, 5) is 0. The van der Waals surface area contributed by atoms with Crippen molar-refractivity contribution in [1.29, 1.82) is 0 Å². The number of aliphatic hydroxyl groups excluding tert-OH is 1. The predicted molar refractivity (Wildman–Crippen MR) is 66.0 cm³/mol. The Morgan fingerprint density at radius 2 is 2.12 bits per heavy atom. The van der Waals surface area contributed by atoms with E-state index in [1.54, 1.807) is 0 Å². The third kappa shape index (κ3) is 2.63. The number of hydrogen-bond donors (Lipinski definition) is 2. The number of benzene rings is 1. The molecule has 1 saturated carbocycles. The van der Waals surface area contributed by atoms with E-state index in [-0.39, 0.29) is 12.1 Å². The van der Waals surface area contributed by atoms with E-state index < -0.39 is 0 Å². The van der Waals surface area contributed by atoms with Crippen molar-refractivity contribution < 1.29 is 5.11 Å². The van der Waals surface area contributed by atoms with Gasteiger partial charge in [-0.05, 0) is 29.9 Å². The monoisotopic (exact) mass is 218 g/mol. The minimum Gasteiger partial charge on any atom is -0.394 e. The number of aliphatic hydroxyl groups is 1. The van der Waals surface area contributed by atoms with Gasteiger partial charge in [-0.25, -0.2) is 0 Å². The minimum absolute atomic E-state index is 0.0287. The first-order chi connectivity index (χ1) is 7.65. The highest BCUT2D eigenvalue weighted by atomic mass is 16.3. The van der Waals surface area contributed by atoms with Crippen LogP contribution in [0.1, 0.15) is 37.8 Å². The highest BCUT2D eigenvalue weighted by molar-refractivity contribution is 5.32. The second-order valence-electron chi connectivity index (χ2n) is 4.99. The Morgan fingerprint density at radius 1 is 1.38 bits per heavy atom. The smallest absolute Gasteiger partial charge is 0.0613 e. The van der Waals surface area contributed by atoms with Crippen LogP contribution >= 0.6 is 0 Å². The average Bonchev–Trinajstić information content (AvgIpc) is 3.07. The van der Waals surface area contributed by atoms with E-state index in [4.69, 9.17) is 0 Å². The van der Waals surface area contributed by atoms with Crippen molar-refractivity contribution in [3.63, 3.8) is 0 Å². The molecule has 0 bridgehead atoms. The van der Waals surface area contributed by atoms with Gasteiger partial charge < -0.3 is 10.4 Å². The molecule has 1 aliphatic carbocycles. The molecule has 2 nitrogen and oxygen atoms in total. The average molecular weight is 218 g/mol. The standard InChI is InChI=1S/C14H20NO/c1-11(2)13-5-3-4-12(8-13)9-15-14(10-16)6-7-14/h3-5,8,15-16H,6-7,9-10H2,1-2H3. The molecule has 16 heavy (non-hydrogen) atoms. The van der Waals surface area contributed by atoms with Crippen molar-refractivity contribution >= 4 is 0 Å². The summed E-state index contributed by atoms with van der Waals surface area (Å²) in [5.41, 5.74) is 2.62. The molecule has 2 heteroatoms. The summed E-state index contributed by atoms with van der Waals surface area (Å²) in [6.07, 6.45) is 2.20. The summed E-state index contributed by atoms with van der Waals surface area (Å²) in [6, 6.07) is 8.58. The van der Waals surface area contributed by atoms with E-state index in [9.17, 15) is 5.11 Å². The number of rotatable bonds is 5. The van der Waals surface area contributed by atoms with Crippen molar-refractivity contribution in [2.45, 2.75) is 38.8 Å². The number of hydrogen-bond acceptors (Lipinski definition) is 2. The third-order valence-electron chi connectivity index (χ3n) is 3.33. The SMILES string of the molecule is C[C](C)c1cccc(CNC2(CO)CC2)c1. The van der Waals surface area contributed by atoms with Crippen LogP contribution in [0.5, 0.6) is 0 Å².